The van der Waals surface area contributed by atoms with Crippen molar-refractivity contribution in [3.8, 4) is 11.5 Å². The molecule has 2 bridgehead atoms. The van der Waals surface area contributed by atoms with E-state index in [-0.39, 0.29) is 35.2 Å². The first-order chi connectivity index (χ1) is 13.6. The van der Waals surface area contributed by atoms with Gasteiger partial charge in [0.25, 0.3) is 0 Å². The summed E-state index contributed by atoms with van der Waals surface area (Å²) in [5, 5.41) is 21.1. The number of ether oxygens (including phenoxy) is 2. The highest BCUT2D eigenvalue weighted by Crippen LogP contribution is 2.63. The molecule has 1 aromatic carbocycles. The predicted octanol–water partition coefficient (Wildman–Crippen LogP) is 2.26. The van der Waals surface area contributed by atoms with Crippen LogP contribution in [0.2, 0.25) is 0 Å². The number of phenolic OH excluding ortho intramolecular Hbond substituents is 1. The van der Waals surface area contributed by atoms with Crippen LogP contribution < -0.4 is 4.74 Å². The third-order valence-electron chi connectivity index (χ3n) is 7.65. The quantitative estimate of drug-likeness (QED) is 0.452. The molecule has 6 heteroatoms. The van der Waals surface area contributed by atoms with E-state index in [4.69, 9.17) is 9.47 Å². The van der Waals surface area contributed by atoms with Crippen molar-refractivity contribution in [3.63, 3.8) is 0 Å². The number of piperidine rings is 1. The fourth-order valence-electron chi connectivity index (χ4n) is 6.08. The Kier molecular flexibility index (Phi) is 3.76. The number of rotatable bonds is 2. The van der Waals surface area contributed by atoms with Gasteiger partial charge in [0.2, 0.25) is 6.73 Å². The number of phenols is 1. The summed E-state index contributed by atoms with van der Waals surface area (Å²) in [5.41, 5.74) is 1.41. The number of aliphatic hydroxyl groups is 1. The highest BCUT2D eigenvalue weighted by molar-refractivity contribution is 5.75. The molecule has 6 unspecified atom stereocenters. The van der Waals surface area contributed by atoms with Crippen LogP contribution in [0, 0.1) is 11.3 Å². The number of hydrogen-bond acceptors (Lipinski definition) is 5. The van der Waals surface area contributed by atoms with Crippen LogP contribution in [0.15, 0.2) is 24.3 Å². The van der Waals surface area contributed by atoms with Gasteiger partial charge in [-0.3, -0.25) is 9.28 Å². The van der Waals surface area contributed by atoms with E-state index in [2.05, 4.69) is 13.1 Å². The number of esters is 1. The Bertz CT molecular complexity index is 919. The van der Waals surface area contributed by atoms with Gasteiger partial charge in [-0.2, -0.15) is 0 Å². The molecule has 2 N–H and O–H groups in total. The Hall–Kier alpha value is -2.05. The maximum absolute atomic E-state index is 12.4. The zero-order valence-corrected chi connectivity index (χ0v) is 17.5. The molecule has 29 heavy (non-hydrogen) atoms. The molecule has 1 spiro atoms. The molecular weight excluding hydrogens is 370 g/mol. The van der Waals surface area contributed by atoms with E-state index in [1.165, 1.54) is 5.56 Å². The predicted molar refractivity (Wildman–Crippen MR) is 106 cm³/mol. The van der Waals surface area contributed by atoms with Crippen molar-refractivity contribution in [2.45, 2.75) is 57.3 Å². The second kappa shape index (κ2) is 5.76. The van der Waals surface area contributed by atoms with Crippen molar-refractivity contribution in [2.75, 3.05) is 20.3 Å². The highest BCUT2D eigenvalue weighted by atomic mass is 16.5. The van der Waals surface area contributed by atoms with E-state index in [1.807, 2.05) is 32.9 Å². The molecule has 1 saturated heterocycles. The van der Waals surface area contributed by atoms with E-state index >= 15 is 0 Å². The number of benzene rings is 1. The van der Waals surface area contributed by atoms with Gasteiger partial charge in [0.05, 0.1) is 24.4 Å². The fraction of sp³-hybridized carbons (Fsp3) is 0.609. The molecule has 5 rings (SSSR count). The van der Waals surface area contributed by atoms with E-state index in [0.29, 0.717) is 17.0 Å². The summed E-state index contributed by atoms with van der Waals surface area (Å²) in [6.45, 7) is 6.79. The molecule has 2 aliphatic carbocycles. The highest BCUT2D eigenvalue weighted by Gasteiger charge is 2.68. The van der Waals surface area contributed by atoms with Gasteiger partial charge < -0.3 is 19.7 Å². The van der Waals surface area contributed by atoms with Gasteiger partial charge >= 0.3 is 5.97 Å². The monoisotopic (exact) mass is 400 g/mol. The molecule has 6 atom stereocenters. The van der Waals surface area contributed by atoms with Crippen LogP contribution in [0.4, 0.5) is 0 Å². The summed E-state index contributed by atoms with van der Waals surface area (Å²) in [4.78, 5) is 12.4. The summed E-state index contributed by atoms with van der Waals surface area (Å²) < 4.78 is 12.6. The molecular formula is C23H30NO5+. The summed E-state index contributed by atoms with van der Waals surface area (Å²) in [6, 6.07) is 3.91. The minimum atomic E-state index is -0.694. The van der Waals surface area contributed by atoms with Crippen molar-refractivity contribution in [3.05, 3.63) is 35.4 Å². The Morgan fingerprint density at radius 1 is 1.34 bits per heavy atom. The van der Waals surface area contributed by atoms with Crippen LogP contribution in [-0.4, -0.2) is 59.2 Å². The lowest BCUT2D eigenvalue weighted by molar-refractivity contribution is -0.958. The number of quaternary nitrogens is 1. The van der Waals surface area contributed by atoms with Crippen molar-refractivity contribution in [1.29, 1.82) is 0 Å². The smallest absolute Gasteiger partial charge is 0.315 e. The number of carbonyl (C=O) groups excluding carboxylic acids is 1. The van der Waals surface area contributed by atoms with Crippen LogP contribution in [0.3, 0.4) is 0 Å². The average Bonchev–Trinajstić information content (AvgIpc) is 3.02. The van der Waals surface area contributed by atoms with E-state index < -0.39 is 11.5 Å². The molecule has 0 radical (unpaired) electrons. The Balaban J connectivity index is 1.57. The van der Waals surface area contributed by atoms with Gasteiger partial charge in [0.1, 0.15) is 18.2 Å². The largest absolute Gasteiger partial charge is 0.504 e. The van der Waals surface area contributed by atoms with Gasteiger partial charge in [-0.15, -0.1) is 0 Å². The number of nitrogens with zero attached hydrogens (tertiary/aromatic N) is 1. The van der Waals surface area contributed by atoms with Crippen LogP contribution in [0.5, 0.6) is 11.5 Å². The topological polar surface area (TPSA) is 76.0 Å². The number of aromatic hydroxyl groups is 1. The van der Waals surface area contributed by atoms with Gasteiger partial charge in [-0.1, -0.05) is 18.2 Å². The maximum atomic E-state index is 12.4. The summed E-state index contributed by atoms with van der Waals surface area (Å²) >= 11 is 0. The molecule has 0 saturated carbocycles. The van der Waals surface area contributed by atoms with Crippen LogP contribution >= 0.6 is 0 Å². The number of likely N-dealkylation sites (N-methyl/N-ethyl adjacent to an activating group) is 1. The Morgan fingerprint density at radius 2 is 2.10 bits per heavy atom. The molecule has 2 heterocycles. The number of carbonyl (C=O) groups is 1. The second-order valence-electron chi connectivity index (χ2n) is 10.5. The number of hydrogen-bond donors (Lipinski definition) is 2. The van der Waals surface area contributed by atoms with Crippen LogP contribution in [0.25, 0.3) is 0 Å². The number of likely N-dealkylation sites (tertiary alicyclic amines) is 1. The van der Waals surface area contributed by atoms with Crippen LogP contribution in [0.1, 0.15) is 38.3 Å². The zero-order chi connectivity index (χ0) is 20.8. The van der Waals surface area contributed by atoms with E-state index in [0.717, 1.165) is 24.9 Å². The molecule has 4 aliphatic rings. The maximum Gasteiger partial charge on any atom is 0.315 e. The van der Waals surface area contributed by atoms with E-state index in [9.17, 15) is 15.0 Å². The second-order valence-corrected chi connectivity index (χ2v) is 10.5. The lowest BCUT2D eigenvalue weighted by atomic mass is 9.53. The SMILES string of the molecule is CC(C)(C)C(=O)OC[N+]1(C)CCC23c4c5ccc(O)c4OC2C(O)C=CC3C1C5. The molecule has 1 aromatic rings. The fourth-order valence-corrected chi connectivity index (χ4v) is 6.08. The van der Waals surface area contributed by atoms with Gasteiger partial charge in [-0.05, 0) is 32.4 Å². The van der Waals surface area contributed by atoms with Gasteiger partial charge in [0.15, 0.2) is 11.5 Å². The first-order valence-corrected chi connectivity index (χ1v) is 10.5. The summed E-state index contributed by atoms with van der Waals surface area (Å²) in [6.07, 6.45) is 4.54. The molecule has 2 aliphatic heterocycles. The van der Waals surface area contributed by atoms with Crippen molar-refractivity contribution in [1.82, 2.24) is 0 Å². The first-order valence-electron chi connectivity index (χ1n) is 10.5. The third-order valence-corrected chi connectivity index (χ3v) is 7.65. The normalized spacial score (nSPS) is 38.9. The zero-order valence-electron chi connectivity index (χ0n) is 17.5. The number of aliphatic hydroxyl groups excluding tert-OH is 1. The lowest BCUT2D eigenvalue weighted by Gasteiger charge is -2.59. The van der Waals surface area contributed by atoms with Gasteiger partial charge in [-0.25, -0.2) is 0 Å². The molecule has 6 nitrogen and oxygen atoms in total. The standard InChI is InChI=1S/C23H29NO5/c1-22(2,3)21(27)28-12-24(4)10-9-23-14-6-8-17(26)20(23)29-19-16(25)7-5-13(18(19)23)11-15(14)24/h5-8,14-15,17,20,26H,9-12H2,1-4H3/p+1. The molecule has 0 aromatic heterocycles. The molecule has 156 valence electrons. The summed E-state index contributed by atoms with van der Waals surface area (Å²) in [5.74, 6) is 0.684. The lowest BCUT2D eigenvalue weighted by Crippen LogP contribution is -2.71. The van der Waals surface area contributed by atoms with E-state index in [1.54, 1.807) is 6.07 Å². The van der Waals surface area contributed by atoms with Crippen molar-refractivity contribution >= 4 is 5.97 Å². The van der Waals surface area contributed by atoms with Crippen molar-refractivity contribution in [2.24, 2.45) is 11.3 Å². The summed E-state index contributed by atoms with van der Waals surface area (Å²) in [7, 11) is 2.17. The average molecular weight is 400 g/mol. The third kappa shape index (κ3) is 2.39. The molecule has 1 fully saturated rings. The van der Waals surface area contributed by atoms with Crippen LogP contribution in [-0.2, 0) is 21.4 Å². The minimum Gasteiger partial charge on any atom is -0.504 e. The minimum absolute atomic E-state index is 0.152. The molecule has 0 amide bonds. The Labute approximate surface area is 171 Å². The Morgan fingerprint density at radius 3 is 2.83 bits per heavy atom. The van der Waals surface area contributed by atoms with Crippen molar-refractivity contribution < 1.29 is 29.0 Å². The van der Waals surface area contributed by atoms with Gasteiger partial charge in [0, 0.05) is 24.3 Å². The first kappa shape index (κ1) is 18.9.